The molecule has 1 N–H and O–H groups in total. The van der Waals surface area contributed by atoms with Crippen molar-refractivity contribution in [2.45, 2.75) is 38.2 Å². The molecule has 94 valence electrons. The van der Waals surface area contributed by atoms with Crippen LogP contribution in [0.5, 0.6) is 0 Å². The third-order valence-corrected chi connectivity index (χ3v) is 3.31. The normalized spacial score (nSPS) is 26.0. The van der Waals surface area contributed by atoms with E-state index in [9.17, 15) is 4.79 Å². The highest BCUT2D eigenvalue weighted by molar-refractivity contribution is 5.70. The highest BCUT2D eigenvalue weighted by Gasteiger charge is 2.34. The van der Waals surface area contributed by atoms with Crippen molar-refractivity contribution < 1.29 is 19.2 Å². The number of hydrogen-bond acceptors (Lipinski definition) is 5. The monoisotopic (exact) mass is 240 g/mol. The van der Waals surface area contributed by atoms with E-state index in [2.05, 4.69) is 10.1 Å². The molecule has 6 heteroatoms. The lowest BCUT2D eigenvalue weighted by atomic mass is 10.1. The quantitative estimate of drug-likeness (QED) is 0.862. The van der Waals surface area contributed by atoms with Crippen LogP contribution in [-0.4, -0.2) is 28.3 Å². The van der Waals surface area contributed by atoms with E-state index >= 15 is 0 Å². The molecule has 0 spiro atoms. The summed E-state index contributed by atoms with van der Waals surface area (Å²) in [5.74, 6) is 0.100. The number of ether oxygens (including phenoxy) is 1. The van der Waals surface area contributed by atoms with Gasteiger partial charge in [-0.2, -0.15) is 4.98 Å². The van der Waals surface area contributed by atoms with Gasteiger partial charge in [-0.3, -0.25) is 4.79 Å². The first-order valence-electron chi connectivity index (χ1n) is 5.71. The average Bonchev–Trinajstić information content (AvgIpc) is 2.95. The van der Waals surface area contributed by atoms with E-state index in [1.807, 2.05) is 6.92 Å². The number of hydrogen-bond donors (Lipinski definition) is 1. The first-order chi connectivity index (χ1) is 8.11. The molecule has 1 fully saturated rings. The summed E-state index contributed by atoms with van der Waals surface area (Å²) in [4.78, 5) is 15.1. The molecule has 1 aliphatic carbocycles. The molecular weight excluding hydrogens is 224 g/mol. The van der Waals surface area contributed by atoms with Gasteiger partial charge < -0.3 is 14.4 Å². The molecule has 1 aromatic rings. The van der Waals surface area contributed by atoms with Crippen molar-refractivity contribution in [1.82, 2.24) is 10.1 Å². The molecule has 1 aliphatic rings. The second-order valence-corrected chi connectivity index (χ2v) is 4.41. The van der Waals surface area contributed by atoms with Crippen molar-refractivity contribution in [2.24, 2.45) is 5.92 Å². The second kappa shape index (κ2) is 4.83. The lowest BCUT2D eigenvalue weighted by molar-refractivity contribution is -0.141. The summed E-state index contributed by atoms with van der Waals surface area (Å²) in [5.41, 5.74) is 0. The molecule has 0 aliphatic heterocycles. The average molecular weight is 240 g/mol. The summed E-state index contributed by atoms with van der Waals surface area (Å²) in [6.45, 7) is 1.84. The number of methoxy groups -OCH3 is 1. The topological polar surface area (TPSA) is 85.5 Å². The van der Waals surface area contributed by atoms with Crippen molar-refractivity contribution >= 4 is 5.97 Å². The Bertz CT molecular complexity index is 404. The molecule has 0 aromatic carbocycles. The van der Waals surface area contributed by atoms with Crippen LogP contribution in [0.25, 0.3) is 0 Å². The van der Waals surface area contributed by atoms with Gasteiger partial charge in [-0.05, 0) is 26.2 Å². The van der Waals surface area contributed by atoms with Crippen molar-refractivity contribution in [2.75, 3.05) is 7.11 Å². The summed E-state index contributed by atoms with van der Waals surface area (Å²) in [6, 6.07) is 0. The van der Waals surface area contributed by atoms with E-state index in [1.165, 1.54) is 0 Å². The Hall–Kier alpha value is -1.43. The van der Waals surface area contributed by atoms with Gasteiger partial charge in [0.1, 0.15) is 6.10 Å². The van der Waals surface area contributed by atoms with Crippen LogP contribution in [0.15, 0.2) is 4.52 Å². The molecule has 0 amide bonds. The Labute approximate surface area is 99.0 Å². The first kappa shape index (κ1) is 12.0. The Kier molecular flexibility index (Phi) is 3.42. The summed E-state index contributed by atoms with van der Waals surface area (Å²) in [6.07, 6.45) is 1.85. The minimum absolute atomic E-state index is 0.0707. The predicted octanol–water partition coefficient (Wildman–Crippen LogP) is 1.75. The number of nitrogens with zero attached hydrogens (tertiary/aromatic N) is 2. The SMILES string of the molecule is COC(C)c1noc(C2CCC(C(=O)O)C2)n1. The number of aromatic nitrogens is 2. The van der Waals surface area contributed by atoms with Crippen molar-refractivity contribution in [3.05, 3.63) is 11.7 Å². The molecule has 1 saturated carbocycles. The van der Waals surface area contributed by atoms with Crippen molar-refractivity contribution in [1.29, 1.82) is 0 Å². The molecule has 0 saturated heterocycles. The van der Waals surface area contributed by atoms with Crippen molar-refractivity contribution in [3.63, 3.8) is 0 Å². The largest absolute Gasteiger partial charge is 0.481 e. The fourth-order valence-corrected chi connectivity index (χ4v) is 2.11. The molecule has 2 rings (SSSR count). The minimum Gasteiger partial charge on any atom is -0.481 e. The van der Waals surface area contributed by atoms with Crippen LogP contribution < -0.4 is 0 Å². The van der Waals surface area contributed by atoms with Gasteiger partial charge in [-0.15, -0.1) is 0 Å². The maximum absolute atomic E-state index is 10.9. The van der Waals surface area contributed by atoms with E-state index < -0.39 is 5.97 Å². The molecule has 3 atom stereocenters. The highest BCUT2D eigenvalue weighted by atomic mass is 16.5. The van der Waals surface area contributed by atoms with Gasteiger partial charge in [0.25, 0.3) is 0 Å². The maximum atomic E-state index is 10.9. The molecule has 0 bridgehead atoms. The Morgan fingerprint density at radius 2 is 2.35 bits per heavy atom. The van der Waals surface area contributed by atoms with E-state index in [4.69, 9.17) is 14.4 Å². The zero-order valence-electron chi connectivity index (χ0n) is 9.92. The van der Waals surface area contributed by atoms with Crippen LogP contribution in [0.3, 0.4) is 0 Å². The van der Waals surface area contributed by atoms with Gasteiger partial charge in [0.2, 0.25) is 5.89 Å². The van der Waals surface area contributed by atoms with Crippen LogP contribution in [-0.2, 0) is 9.53 Å². The maximum Gasteiger partial charge on any atom is 0.306 e. The lowest BCUT2D eigenvalue weighted by Crippen LogP contribution is -2.09. The van der Waals surface area contributed by atoms with Gasteiger partial charge in [-0.1, -0.05) is 5.16 Å². The van der Waals surface area contributed by atoms with Crippen LogP contribution >= 0.6 is 0 Å². The summed E-state index contributed by atoms with van der Waals surface area (Å²) >= 11 is 0. The Balaban J connectivity index is 2.04. The molecule has 3 unspecified atom stereocenters. The predicted molar refractivity (Wildman–Crippen MR) is 57.4 cm³/mol. The number of aliphatic carboxylic acids is 1. The van der Waals surface area contributed by atoms with E-state index in [-0.39, 0.29) is 17.9 Å². The summed E-state index contributed by atoms with van der Waals surface area (Å²) in [5, 5.41) is 12.8. The number of carbonyl (C=O) groups is 1. The molecule has 1 aromatic heterocycles. The van der Waals surface area contributed by atoms with E-state index in [0.717, 1.165) is 6.42 Å². The smallest absolute Gasteiger partial charge is 0.306 e. The van der Waals surface area contributed by atoms with Crippen LogP contribution in [0.4, 0.5) is 0 Å². The third-order valence-electron chi connectivity index (χ3n) is 3.31. The number of carboxylic acid groups (broad SMARTS) is 1. The highest BCUT2D eigenvalue weighted by Crippen LogP contribution is 2.37. The lowest BCUT2D eigenvalue weighted by Gasteiger charge is -2.03. The van der Waals surface area contributed by atoms with Crippen LogP contribution in [0.1, 0.15) is 49.9 Å². The van der Waals surface area contributed by atoms with Crippen LogP contribution in [0, 0.1) is 5.92 Å². The third kappa shape index (κ3) is 2.46. The fourth-order valence-electron chi connectivity index (χ4n) is 2.11. The Morgan fingerprint density at radius 3 is 2.94 bits per heavy atom. The van der Waals surface area contributed by atoms with E-state index in [1.54, 1.807) is 7.11 Å². The van der Waals surface area contributed by atoms with E-state index in [0.29, 0.717) is 24.6 Å². The molecule has 17 heavy (non-hydrogen) atoms. The molecule has 6 nitrogen and oxygen atoms in total. The minimum atomic E-state index is -0.738. The number of rotatable bonds is 4. The van der Waals surface area contributed by atoms with Crippen LogP contribution in [0.2, 0.25) is 0 Å². The molecule has 0 radical (unpaired) electrons. The zero-order valence-corrected chi connectivity index (χ0v) is 9.92. The molecular formula is C11H16N2O4. The number of carboxylic acids is 1. The summed E-state index contributed by atoms with van der Waals surface area (Å²) in [7, 11) is 1.58. The zero-order chi connectivity index (χ0) is 12.4. The first-order valence-corrected chi connectivity index (χ1v) is 5.71. The Morgan fingerprint density at radius 1 is 1.59 bits per heavy atom. The van der Waals surface area contributed by atoms with Gasteiger partial charge in [0, 0.05) is 13.0 Å². The van der Waals surface area contributed by atoms with Gasteiger partial charge in [0.05, 0.1) is 5.92 Å². The van der Waals surface area contributed by atoms with Crippen molar-refractivity contribution in [3.8, 4) is 0 Å². The standard InChI is InChI=1S/C11H16N2O4/c1-6(16-2)9-12-10(17-13-9)7-3-4-8(5-7)11(14)15/h6-8H,3-5H2,1-2H3,(H,14,15). The van der Waals surface area contributed by atoms with Gasteiger partial charge in [-0.25, -0.2) is 0 Å². The second-order valence-electron chi connectivity index (χ2n) is 4.41. The molecule has 1 heterocycles. The van der Waals surface area contributed by atoms with Gasteiger partial charge >= 0.3 is 5.97 Å². The van der Waals surface area contributed by atoms with Gasteiger partial charge in [0.15, 0.2) is 5.82 Å². The fraction of sp³-hybridized carbons (Fsp3) is 0.727. The summed E-state index contributed by atoms with van der Waals surface area (Å²) < 4.78 is 10.3.